The molecule has 0 spiro atoms. The molecule has 2 aromatic rings. The Morgan fingerprint density at radius 3 is 2.58 bits per heavy atom. The van der Waals surface area contributed by atoms with E-state index in [9.17, 15) is 4.79 Å². The van der Waals surface area contributed by atoms with E-state index < -0.39 is 5.97 Å². The van der Waals surface area contributed by atoms with Crippen molar-refractivity contribution < 1.29 is 14.6 Å². The topological polar surface area (TPSA) is 58.6 Å². The molecular formula is C20H25NO3. The van der Waals surface area contributed by atoms with Crippen molar-refractivity contribution >= 4 is 5.97 Å². The number of hydrogen-bond donors (Lipinski definition) is 2. The van der Waals surface area contributed by atoms with Crippen LogP contribution in [0.25, 0.3) is 0 Å². The summed E-state index contributed by atoms with van der Waals surface area (Å²) in [5.41, 5.74) is 2.50. The van der Waals surface area contributed by atoms with Crippen molar-refractivity contribution in [3.05, 3.63) is 65.2 Å². The number of carbonyl (C=O) groups is 1. The Balaban J connectivity index is 1.82. The maximum atomic E-state index is 11.0. The molecule has 128 valence electrons. The number of para-hydroxylation sites is 1. The fraction of sp³-hybridized carbons (Fsp3) is 0.350. The summed E-state index contributed by atoms with van der Waals surface area (Å²) in [6.07, 6.45) is 0. The molecule has 4 heteroatoms. The van der Waals surface area contributed by atoms with Gasteiger partial charge in [0.05, 0.1) is 5.56 Å². The Morgan fingerprint density at radius 2 is 1.88 bits per heavy atom. The normalized spacial score (nSPS) is 11.3. The lowest BCUT2D eigenvalue weighted by Crippen LogP contribution is -2.22. The third kappa shape index (κ3) is 5.10. The quantitative estimate of drug-likeness (QED) is 0.758. The Bertz CT molecular complexity index is 689. The van der Waals surface area contributed by atoms with E-state index in [0.717, 1.165) is 11.3 Å². The van der Waals surface area contributed by atoms with Gasteiger partial charge >= 0.3 is 5.97 Å². The smallest absolute Gasteiger partial charge is 0.335 e. The standard InChI is InChI=1S/C20H25NO3/c1-20(2,3)17-9-4-5-10-18(17)24-12-11-21-14-15-7-6-8-16(13-15)19(22)23/h4-10,13,21H,11-12,14H2,1-3H3,(H,22,23). The second-order valence-electron chi connectivity index (χ2n) is 6.78. The number of carboxylic acids is 1. The number of ether oxygens (including phenoxy) is 1. The highest BCUT2D eigenvalue weighted by Crippen LogP contribution is 2.30. The fourth-order valence-electron chi connectivity index (χ4n) is 2.49. The van der Waals surface area contributed by atoms with Crippen molar-refractivity contribution in [1.29, 1.82) is 0 Å². The van der Waals surface area contributed by atoms with Crippen molar-refractivity contribution in [3.63, 3.8) is 0 Å². The van der Waals surface area contributed by atoms with Gasteiger partial charge in [0.25, 0.3) is 0 Å². The molecule has 0 aliphatic carbocycles. The van der Waals surface area contributed by atoms with E-state index in [1.807, 2.05) is 24.3 Å². The van der Waals surface area contributed by atoms with Crippen molar-refractivity contribution in [2.75, 3.05) is 13.2 Å². The first-order valence-corrected chi connectivity index (χ1v) is 8.13. The molecular weight excluding hydrogens is 302 g/mol. The van der Waals surface area contributed by atoms with Gasteiger partial charge in [0, 0.05) is 13.1 Å². The van der Waals surface area contributed by atoms with Crippen LogP contribution < -0.4 is 10.1 Å². The van der Waals surface area contributed by atoms with Gasteiger partial charge in [-0.3, -0.25) is 0 Å². The number of benzene rings is 2. The summed E-state index contributed by atoms with van der Waals surface area (Å²) < 4.78 is 5.91. The third-order valence-electron chi connectivity index (χ3n) is 3.73. The number of carboxylic acid groups (broad SMARTS) is 1. The molecule has 0 amide bonds. The SMILES string of the molecule is CC(C)(C)c1ccccc1OCCNCc1cccc(C(=O)O)c1. The highest BCUT2D eigenvalue weighted by Gasteiger charge is 2.18. The van der Waals surface area contributed by atoms with Crippen LogP contribution in [0.5, 0.6) is 5.75 Å². The average Bonchev–Trinajstić information content (AvgIpc) is 2.54. The predicted octanol–water partition coefficient (Wildman–Crippen LogP) is 3.85. The zero-order valence-electron chi connectivity index (χ0n) is 14.5. The zero-order valence-corrected chi connectivity index (χ0v) is 14.5. The van der Waals surface area contributed by atoms with Gasteiger partial charge in [-0.15, -0.1) is 0 Å². The molecule has 2 aromatic carbocycles. The fourth-order valence-corrected chi connectivity index (χ4v) is 2.49. The molecule has 24 heavy (non-hydrogen) atoms. The number of hydrogen-bond acceptors (Lipinski definition) is 3. The second kappa shape index (κ2) is 7.97. The molecule has 0 radical (unpaired) electrons. The van der Waals surface area contributed by atoms with Crippen LogP contribution in [0.15, 0.2) is 48.5 Å². The average molecular weight is 327 g/mol. The third-order valence-corrected chi connectivity index (χ3v) is 3.73. The van der Waals surface area contributed by atoms with Crippen molar-refractivity contribution in [1.82, 2.24) is 5.32 Å². The first-order chi connectivity index (χ1) is 11.4. The van der Waals surface area contributed by atoms with Crippen LogP contribution in [0.2, 0.25) is 0 Å². The summed E-state index contributed by atoms with van der Waals surface area (Å²) in [5, 5.41) is 12.3. The molecule has 0 aliphatic rings. The van der Waals surface area contributed by atoms with Crippen molar-refractivity contribution in [3.8, 4) is 5.75 Å². The van der Waals surface area contributed by atoms with Crippen LogP contribution in [0.3, 0.4) is 0 Å². The predicted molar refractivity (Wildman–Crippen MR) is 95.7 cm³/mol. The lowest BCUT2D eigenvalue weighted by atomic mass is 9.86. The van der Waals surface area contributed by atoms with Crippen LogP contribution in [0, 0.1) is 0 Å². The summed E-state index contributed by atoms with van der Waals surface area (Å²) in [6, 6.07) is 15.1. The minimum atomic E-state index is -0.904. The van der Waals surface area contributed by atoms with E-state index in [4.69, 9.17) is 9.84 Å². The van der Waals surface area contributed by atoms with Crippen molar-refractivity contribution in [2.24, 2.45) is 0 Å². The van der Waals surface area contributed by atoms with E-state index >= 15 is 0 Å². The number of nitrogens with one attached hydrogen (secondary N) is 1. The summed E-state index contributed by atoms with van der Waals surface area (Å²) in [5.74, 6) is 0.0126. The highest BCUT2D eigenvalue weighted by atomic mass is 16.5. The second-order valence-corrected chi connectivity index (χ2v) is 6.78. The maximum Gasteiger partial charge on any atom is 0.335 e. The largest absolute Gasteiger partial charge is 0.492 e. The minimum Gasteiger partial charge on any atom is -0.492 e. The summed E-state index contributed by atoms with van der Waals surface area (Å²) in [4.78, 5) is 11.0. The summed E-state index contributed by atoms with van der Waals surface area (Å²) in [7, 11) is 0. The first-order valence-electron chi connectivity index (χ1n) is 8.13. The number of aromatic carboxylic acids is 1. The van der Waals surface area contributed by atoms with Crippen LogP contribution in [0.1, 0.15) is 42.3 Å². The Hall–Kier alpha value is -2.33. The van der Waals surface area contributed by atoms with Gasteiger partial charge in [0.1, 0.15) is 12.4 Å². The molecule has 2 rings (SSSR count). The van der Waals surface area contributed by atoms with Crippen LogP contribution >= 0.6 is 0 Å². The van der Waals surface area contributed by atoms with Gasteiger partial charge in [-0.05, 0) is 34.7 Å². The lowest BCUT2D eigenvalue weighted by Gasteiger charge is -2.22. The maximum absolute atomic E-state index is 11.0. The van der Waals surface area contributed by atoms with E-state index in [0.29, 0.717) is 25.3 Å². The van der Waals surface area contributed by atoms with E-state index in [1.54, 1.807) is 18.2 Å². The molecule has 0 aliphatic heterocycles. The number of rotatable bonds is 7. The van der Waals surface area contributed by atoms with Crippen LogP contribution in [0.4, 0.5) is 0 Å². The van der Waals surface area contributed by atoms with Gasteiger partial charge in [-0.2, -0.15) is 0 Å². The molecule has 0 saturated heterocycles. The Morgan fingerprint density at radius 1 is 1.12 bits per heavy atom. The molecule has 2 N–H and O–H groups in total. The van der Waals surface area contributed by atoms with Gasteiger partial charge < -0.3 is 15.2 Å². The highest BCUT2D eigenvalue weighted by molar-refractivity contribution is 5.87. The molecule has 0 aromatic heterocycles. The van der Waals surface area contributed by atoms with Crippen molar-refractivity contribution in [2.45, 2.75) is 32.7 Å². The van der Waals surface area contributed by atoms with Crippen LogP contribution in [-0.2, 0) is 12.0 Å². The van der Waals surface area contributed by atoms with Gasteiger partial charge in [0.2, 0.25) is 0 Å². The van der Waals surface area contributed by atoms with Gasteiger partial charge in [-0.1, -0.05) is 51.1 Å². The summed E-state index contributed by atoms with van der Waals surface area (Å²) >= 11 is 0. The minimum absolute atomic E-state index is 0.0429. The molecule has 0 heterocycles. The Kier molecular flexibility index (Phi) is 5.99. The van der Waals surface area contributed by atoms with E-state index in [2.05, 4.69) is 32.2 Å². The molecule has 0 bridgehead atoms. The van der Waals surface area contributed by atoms with E-state index in [1.165, 1.54) is 5.56 Å². The van der Waals surface area contributed by atoms with Crippen LogP contribution in [-0.4, -0.2) is 24.2 Å². The molecule has 0 atom stereocenters. The summed E-state index contributed by atoms with van der Waals surface area (Å²) in [6.45, 7) is 8.38. The lowest BCUT2D eigenvalue weighted by molar-refractivity contribution is 0.0696. The van der Waals surface area contributed by atoms with E-state index in [-0.39, 0.29) is 5.41 Å². The molecule has 0 unspecified atom stereocenters. The molecule has 0 fully saturated rings. The monoisotopic (exact) mass is 327 g/mol. The Labute approximate surface area is 143 Å². The van der Waals surface area contributed by atoms with Gasteiger partial charge in [0.15, 0.2) is 0 Å². The molecule has 0 saturated carbocycles. The first kappa shape index (κ1) is 18.0. The van der Waals surface area contributed by atoms with Gasteiger partial charge in [-0.25, -0.2) is 4.79 Å². The molecule has 4 nitrogen and oxygen atoms in total. The zero-order chi connectivity index (χ0) is 17.6.